The van der Waals surface area contributed by atoms with Crippen molar-refractivity contribution in [3.05, 3.63) is 89.2 Å². The number of hydrogen-bond acceptors (Lipinski definition) is 7. The number of nitrogens with zero attached hydrogens (tertiary/aromatic N) is 4. The predicted octanol–water partition coefficient (Wildman–Crippen LogP) is 4.70. The van der Waals surface area contributed by atoms with Crippen LogP contribution < -0.4 is 19.7 Å². The Bertz CT molecular complexity index is 1490. The molecule has 0 atom stereocenters. The molecule has 1 aliphatic rings. The van der Waals surface area contributed by atoms with Crippen molar-refractivity contribution < 1.29 is 19.1 Å². The van der Waals surface area contributed by atoms with E-state index in [4.69, 9.17) is 21.1 Å². The molecule has 206 valence electrons. The number of carbonyl (C=O) groups is 2. The third-order valence-corrected chi connectivity index (χ3v) is 7.56. The van der Waals surface area contributed by atoms with Crippen molar-refractivity contribution in [1.29, 1.82) is 0 Å². The molecule has 0 saturated carbocycles. The van der Waals surface area contributed by atoms with Gasteiger partial charge in [-0.3, -0.25) is 14.2 Å². The van der Waals surface area contributed by atoms with Gasteiger partial charge in [-0.2, -0.15) is 0 Å². The molecule has 4 aromatic rings. The summed E-state index contributed by atoms with van der Waals surface area (Å²) in [5.41, 5.74) is 2.85. The zero-order valence-corrected chi connectivity index (χ0v) is 23.5. The highest BCUT2D eigenvalue weighted by Gasteiger charge is 2.24. The molecule has 0 radical (unpaired) electrons. The molecule has 40 heavy (non-hydrogen) atoms. The highest BCUT2D eigenvalue weighted by Crippen LogP contribution is 2.31. The van der Waals surface area contributed by atoms with E-state index < -0.39 is 0 Å². The lowest BCUT2D eigenvalue weighted by molar-refractivity contribution is -0.123. The molecule has 0 bridgehead atoms. The van der Waals surface area contributed by atoms with Gasteiger partial charge in [-0.1, -0.05) is 53.7 Å². The molecule has 9 nitrogen and oxygen atoms in total. The Balaban J connectivity index is 1.30. The van der Waals surface area contributed by atoms with Gasteiger partial charge in [0.15, 0.2) is 17.6 Å². The van der Waals surface area contributed by atoms with E-state index in [1.165, 1.54) is 17.3 Å². The molecule has 2 amide bonds. The fraction of sp³-hybridized carbons (Fsp3) is 0.241. The second kappa shape index (κ2) is 12.9. The molecular weight excluding hydrogens is 550 g/mol. The summed E-state index contributed by atoms with van der Waals surface area (Å²) < 4.78 is 12.9. The van der Waals surface area contributed by atoms with Gasteiger partial charge in [-0.05, 0) is 60.9 Å². The molecule has 1 aromatic heterocycles. The van der Waals surface area contributed by atoms with Crippen LogP contribution in [0.1, 0.15) is 17.8 Å². The zero-order valence-electron chi connectivity index (χ0n) is 21.9. The number of benzene rings is 3. The van der Waals surface area contributed by atoms with Crippen LogP contribution in [-0.4, -0.2) is 52.6 Å². The Labute approximate surface area is 241 Å². The molecule has 1 aliphatic heterocycles. The lowest BCUT2D eigenvalue weighted by atomic mass is 10.0. The lowest BCUT2D eigenvalue weighted by Crippen LogP contribution is -2.36. The van der Waals surface area contributed by atoms with Gasteiger partial charge in [0.1, 0.15) is 11.5 Å². The minimum Gasteiger partial charge on any atom is -0.495 e. The number of ether oxygens (including phenoxy) is 2. The van der Waals surface area contributed by atoms with Crippen molar-refractivity contribution in [3.8, 4) is 17.2 Å². The van der Waals surface area contributed by atoms with E-state index in [0.717, 1.165) is 18.5 Å². The second-order valence-corrected chi connectivity index (χ2v) is 10.4. The average Bonchev–Trinajstić information content (AvgIpc) is 3.40. The van der Waals surface area contributed by atoms with Crippen LogP contribution in [0, 0.1) is 0 Å². The number of amides is 2. The summed E-state index contributed by atoms with van der Waals surface area (Å²) in [6.45, 7) is 0.616. The summed E-state index contributed by atoms with van der Waals surface area (Å²) in [6, 6.07) is 22.3. The summed E-state index contributed by atoms with van der Waals surface area (Å²) in [6.07, 6.45) is 1.89. The molecule has 0 spiro atoms. The quantitative estimate of drug-likeness (QED) is 0.273. The smallest absolute Gasteiger partial charge is 0.258 e. The topological polar surface area (TPSA) is 98.6 Å². The first-order valence-corrected chi connectivity index (χ1v) is 14.1. The number of methoxy groups -OCH3 is 1. The summed E-state index contributed by atoms with van der Waals surface area (Å²) >= 11 is 7.19. The Hall–Kier alpha value is -4.02. The summed E-state index contributed by atoms with van der Waals surface area (Å²) in [5.74, 6) is 1.50. The van der Waals surface area contributed by atoms with Gasteiger partial charge in [0.05, 0.1) is 25.1 Å². The molecule has 3 aromatic carbocycles. The average molecular weight is 578 g/mol. The SMILES string of the molecule is COc1ccccc1-n1c(CNC(=O)COc2ccc(Cl)cc2)nnc1SCC(=O)N1CCCc2ccccc21. The van der Waals surface area contributed by atoms with Crippen molar-refractivity contribution >= 4 is 40.9 Å². The number of aromatic nitrogens is 3. The van der Waals surface area contributed by atoms with Crippen LogP contribution in [0.4, 0.5) is 5.69 Å². The van der Waals surface area contributed by atoms with E-state index in [9.17, 15) is 9.59 Å². The number of halogens is 1. The van der Waals surface area contributed by atoms with Crippen LogP contribution in [0.15, 0.2) is 78.0 Å². The van der Waals surface area contributed by atoms with Gasteiger partial charge in [-0.15, -0.1) is 10.2 Å². The highest BCUT2D eigenvalue weighted by atomic mass is 35.5. The number of anilines is 1. The maximum atomic E-state index is 13.3. The second-order valence-electron chi connectivity index (χ2n) is 8.99. The van der Waals surface area contributed by atoms with Crippen LogP contribution in [0.3, 0.4) is 0 Å². The van der Waals surface area contributed by atoms with E-state index >= 15 is 0 Å². The number of rotatable bonds is 10. The third-order valence-electron chi connectivity index (χ3n) is 6.39. The van der Waals surface area contributed by atoms with E-state index in [2.05, 4.69) is 21.6 Å². The minimum atomic E-state index is -0.322. The fourth-order valence-electron chi connectivity index (χ4n) is 4.47. The number of thioether (sulfide) groups is 1. The Morgan fingerprint density at radius 1 is 1.00 bits per heavy atom. The number of aryl methyl sites for hydroxylation is 1. The van der Waals surface area contributed by atoms with Crippen molar-refractivity contribution in [2.45, 2.75) is 24.5 Å². The molecule has 5 rings (SSSR count). The van der Waals surface area contributed by atoms with Crippen LogP contribution in [0.2, 0.25) is 5.02 Å². The zero-order chi connectivity index (χ0) is 27.9. The highest BCUT2D eigenvalue weighted by molar-refractivity contribution is 7.99. The first kappa shape index (κ1) is 27.5. The minimum absolute atomic E-state index is 0.000859. The van der Waals surface area contributed by atoms with Crippen molar-refractivity contribution in [3.63, 3.8) is 0 Å². The largest absolute Gasteiger partial charge is 0.495 e. The van der Waals surface area contributed by atoms with Crippen molar-refractivity contribution in [1.82, 2.24) is 20.1 Å². The molecule has 0 saturated heterocycles. The fourth-order valence-corrected chi connectivity index (χ4v) is 5.44. The molecule has 0 unspecified atom stereocenters. The number of para-hydroxylation sites is 3. The first-order valence-electron chi connectivity index (χ1n) is 12.8. The van der Waals surface area contributed by atoms with Gasteiger partial charge < -0.3 is 19.7 Å². The van der Waals surface area contributed by atoms with E-state index in [-0.39, 0.29) is 30.7 Å². The number of hydrogen-bond donors (Lipinski definition) is 1. The van der Waals surface area contributed by atoms with Crippen molar-refractivity contribution in [2.24, 2.45) is 0 Å². The maximum absolute atomic E-state index is 13.3. The molecular formula is C29H28ClN5O4S. The van der Waals surface area contributed by atoms with E-state index in [1.807, 2.05) is 47.4 Å². The Kier molecular flexibility index (Phi) is 8.87. The van der Waals surface area contributed by atoms with Crippen LogP contribution >= 0.6 is 23.4 Å². The van der Waals surface area contributed by atoms with Crippen molar-refractivity contribution in [2.75, 3.05) is 30.9 Å². The summed E-state index contributed by atoms with van der Waals surface area (Å²) in [5, 5.41) is 12.6. The number of carbonyl (C=O) groups excluding carboxylic acids is 2. The number of nitrogens with one attached hydrogen (secondary N) is 1. The van der Waals surface area contributed by atoms with Gasteiger partial charge in [0.2, 0.25) is 5.91 Å². The van der Waals surface area contributed by atoms with Gasteiger partial charge in [0, 0.05) is 17.3 Å². The van der Waals surface area contributed by atoms with Gasteiger partial charge >= 0.3 is 0 Å². The molecule has 2 heterocycles. The first-order chi connectivity index (χ1) is 19.5. The summed E-state index contributed by atoms with van der Waals surface area (Å²) in [7, 11) is 1.59. The number of fused-ring (bicyclic) bond motifs is 1. The molecule has 1 N–H and O–H groups in total. The van der Waals surface area contributed by atoms with Gasteiger partial charge in [0.25, 0.3) is 5.91 Å². The monoisotopic (exact) mass is 577 g/mol. The standard InChI is InChI=1S/C29H28ClN5O4S/c1-38-25-11-5-4-10-24(25)35-26(17-31-27(36)18-39-22-14-12-21(30)13-15-22)32-33-29(35)40-19-28(37)34-16-6-8-20-7-2-3-9-23(20)34/h2-5,7,9-15H,6,8,16-19H2,1H3,(H,31,36). The van der Waals surface area contributed by atoms with Gasteiger partial charge in [-0.25, -0.2) is 0 Å². The maximum Gasteiger partial charge on any atom is 0.258 e. The third kappa shape index (κ3) is 6.40. The molecule has 11 heteroatoms. The van der Waals surface area contributed by atoms with E-state index in [1.54, 1.807) is 35.9 Å². The summed E-state index contributed by atoms with van der Waals surface area (Å²) in [4.78, 5) is 27.6. The Morgan fingerprint density at radius 2 is 1.75 bits per heavy atom. The Morgan fingerprint density at radius 3 is 2.55 bits per heavy atom. The molecule has 0 fully saturated rings. The van der Waals surface area contributed by atoms with E-state index in [0.29, 0.717) is 39.7 Å². The lowest BCUT2D eigenvalue weighted by Gasteiger charge is -2.29. The van der Waals surface area contributed by atoms with Crippen LogP contribution in [0.5, 0.6) is 11.5 Å². The molecule has 0 aliphatic carbocycles. The predicted molar refractivity (Wildman–Crippen MR) is 155 cm³/mol. The van der Waals surface area contributed by atoms with Crippen LogP contribution in [-0.2, 0) is 22.6 Å². The van der Waals surface area contributed by atoms with Crippen LogP contribution in [0.25, 0.3) is 5.69 Å². The normalized spacial score (nSPS) is 12.5.